The Morgan fingerprint density at radius 1 is 1.24 bits per heavy atom. The van der Waals surface area contributed by atoms with E-state index in [0.717, 1.165) is 9.80 Å². The summed E-state index contributed by atoms with van der Waals surface area (Å²) in [6.45, 7) is -0.877. The molecule has 0 aliphatic heterocycles. The molecular formula is C9H15N3O5. The number of amides is 3. The number of carboxylic acids is 1. The predicted molar refractivity (Wildman–Crippen MR) is 57.0 cm³/mol. The lowest BCUT2D eigenvalue weighted by Gasteiger charge is -2.15. The van der Waals surface area contributed by atoms with Crippen molar-refractivity contribution in [1.82, 2.24) is 15.1 Å². The monoisotopic (exact) mass is 245 g/mol. The summed E-state index contributed by atoms with van der Waals surface area (Å²) in [5.41, 5.74) is 0. The maximum Gasteiger partial charge on any atom is 0.323 e. The second kappa shape index (κ2) is 7.20. The van der Waals surface area contributed by atoms with Gasteiger partial charge in [-0.1, -0.05) is 0 Å². The highest BCUT2D eigenvalue weighted by molar-refractivity contribution is 5.87. The molecule has 0 saturated heterocycles. The minimum atomic E-state index is -1.13. The molecule has 0 fully saturated rings. The molecule has 3 amide bonds. The molecule has 96 valence electrons. The number of carbonyl (C=O) groups is 4. The van der Waals surface area contributed by atoms with E-state index in [4.69, 9.17) is 5.11 Å². The molecule has 2 N–H and O–H groups in total. The molecule has 0 saturated carbocycles. The first-order chi connectivity index (χ1) is 7.86. The number of hydrogen-bond acceptors (Lipinski definition) is 4. The highest BCUT2D eigenvalue weighted by Gasteiger charge is 2.13. The third-order valence-electron chi connectivity index (χ3n) is 1.81. The molecule has 0 aromatic rings. The molecule has 0 aromatic carbocycles. The molecule has 0 atom stereocenters. The summed E-state index contributed by atoms with van der Waals surface area (Å²) in [5, 5.41) is 10.7. The lowest BCUT2D eigenvalue weighted by Crippen LogP contribution is -2.42. The third-order valence-corrected chi connectivity index (χ3v) is 1.81. The highest BCUT2D eigenvalue weighted by atomic mass is 16.4. The van der Waals surface area contributed by atoms with Crippen molar-refractivity contribution in [3.8, 4) is 0 Å². The minimum absolute atomic E-state index is 0.153. The number of nitrogens with one attached hydrogen (secondary N) is 1. The molecule has 17 heavy (non-hydrogen) atoms. The van der Waals surface area contributed by atoms with Gasteiger partial charge in [0.1, 0.15) is 6.54 Å². The quantitative estimate of drug-likeness (QED) is 0.492. The molecule has 0 rings (SSSR count). The average molecular weight is 245 g/mol. The molecule has 0 bridgehead atoms. The Morgan fingerprint density at radius 2 is 1.82 bits per heavy atom. The number of rotatable bonds is 7. The van der Waals surface area contributed by atoms with Crippen molar-refractivity contribution in [2.24, 2.45) is 0 Å². The second-order valence-electron chi connectivity index (χ2n) is 3.44. The van der Waals surface area contributed by atoms with Gasteiger partial charge in [-0.2, -0.15) is 0 Å². The lowest BCUT2D eigenvalue weighted by atomic mass is 10.4. The van der Waals surface area contributed by atoms with Crippen molar-refractivity contribution < 1.29 is 24.3 Å². The van der Waals surface area contributed by atoms with Crippen LogP contribution in [0.15, 0.2) is 0 Å². The SMILES string of the molecule is CN(C=O)CC(=O)NCC(=O)N(C)CC(=O)O. The largest absolute Gasteiger partial charge is 0.480 e. The number of likely N-dealkylation sites (N-methyl/N-ethyl adjacent to an activating group) is 2. The average Bonchev–Trinajstić information content (AvgIpc) is 2.24. The Kier molecular flexibility index (Phi) is 6.30. The van der Waals surface area contributed by atoms with E-state index in [0.29, 0.717) is 6.41 Å². The van der Waals surface area contributed by atoms with E-state index in [1.807, 2.05) is 0 Å². The minimum Gasteiger partial charge on any atom is -0.480 e. The fourth-order valence-electron chi connectivity index (χ4n) is 0.920. The van der Waals surface area contributed by atoms with Gasteiger partial charge in [-0.05, 0) is 0 Å². The van der Waals surface area contributed by atoms with Crippen LogP contribution in [0.1, 0.15) is 0 Å². The van der Waals surface area contributed by atoms with E-state index in [1.54, 1.807) is 0 Å². The molecule has 0 heterocycles. The molecule has 0 radical (unpaired) electrons. The number of nitrogens with zero attached hydrogens (tertiary/aromatic N) is 2. The van der Waals surface area contributed by atoms with Crippen LogP contribution in [-0.4, -0.2) is 72.8 Å². The molecular weight excluding hydrogens is 230 g/mol. The maximum atomic E-state index is 11.3. The first-order valence-electron chi connectivity index (χ1n) is 4.74. The summed E-state index contributed by atoms with van der Waals surface area (Å²) >= 11 is 0. The predicted octanol–water partition coefficient (Wildman–Crippen LogP) is -2.27. The second-order valence-corrected chi connectivity index (χ2v) is 3.44. The van der Waals surface area contributed by atoms with Gasteiger partial charge < -0.3 is 20.2 Å². The van der Waals surface area contributed by atoms with E-state index in [-0.39, 0.29) is 13.1 Å². The lowest BCUT2D eigenvalue weighted by molar-refractivity contribution is -0.143. The summed E-state index contributed by atoms with van der Waals surface area (Å²) in [7, 11) is 2.74. The van der Waals surface area contributed by atoms with Gasteiger partial charge in [0.2, 0.25) is 18.2 Å². The van der Waals surface area contributed by atoms with Crippen LogP contribution in [0.5, 0.6) is 0 Å². The van der Waals surface area contributed by atoms with Gasteiger partial charge in [0.25, 0.3) is 0 Å². The molecule has 0 aliphatic carbocycles. The Morgan fingerprint density at radius 3 is 2.29 bits per heavy atom. The van der Waals surface area contributed by atoms with E-state index >= 15 is 0 Å². The molecule has 0 unspecified atom stereocenters. The van der Waals surface area contributed by atoms with E-state index in [9.17, 15) is 19.2 Å². The van der Waals surface area contributed by atoms with Crippen LogP contribution < -0.4 is 5.32 Å². The summed E-state index contributed by atoms with van der Waals surface area (Å²) in [6, 6.07) is 0. The Balaban J connectivity index is 3.94. The Labute approximate surface area is 98.2 Å². The van der Waals surface area contributed by atoms with Crippen LogP contribution in [0.25, 0.3) is 0 Å². The van der Waals surface area contributed by atoms with Gasteiger partial charge in [0.05, 0.1) is 13.1 Å². The van der Waals surface area contributed by atoms with Gasteiger partial charge >= 0.3 is 5.97 Å². The number of carbonyl (C=O) groups excluding carboxylic acids is 3. The zero-order valence-corrected chi connectivity index (χ0v) is 9.67. The van der Waals surface area contributed by atoms with E-state index in [1.165, 1.54) is 14.1 Å². The standard InChI is InChI=1S/C9H15N3O5/c1-11(6-13)4-7(14)10-3-8(15)12(2)5-9(16)17/h6H,3-5H2,1-2H3,(H,10,14)(H,16,17). The fraction of sp³-hybridized carbons (Fsp3) is 0.556. The van der Waals surface area contributed by atoms with Crippen molar-refractivity contribution in [2.75, 3.05) is 33.7 Å². The van der Waals surface area contributed by atoms with Gasteiger partial charge in [-0.15, -0.1) is 0 Å². The van der Waals surface area contributed by atoms with Crippen LogP contribution in [0.2, 0.25) is 0 Å². The summed E-state index contributed by atoms with van der Waals surface area (Å²) in [4.78, 5) is 45.1. The van der Waals surface area contributed by atoms with Crippen LogP contribution in [0.3, 0.4) is 0 Å². The fourth-order valence-corrected chi connectivity index (χ4v) is 0.920. The van der Waals surface area contributed by atoms with Crippen LogP contribution in [-0.2, 0) is 19.2 Å². The zero-order valence-electron chi connectivity index (χ0n) is 9.67. The van der Waals surface area contributed by atoms with Crippen LogP contribution in [0.4, 0.5) is 0 Å². The molecule has 0 aliphatic rings. The first kappa shape index (κ1) is 14.9. The molecule has 0 aromatic heterocycles. The number of carboxylic acid groups (broad SMARTS) is 1. The summed E-state index contributed by atoms with van der Waals surface area (Å²) in [5.74, 6) is -2.14. The number of aliphatic carboxylic acids is 1. The molecule has 0 spiro atoms. The van der Waals surface area contributed by atoms with Crippen molar-refractivity contribution in [3.05, 3.63) is 0 Å². The maximum absolute atomic E-state index is 11.3. The van der Waals surface area contributed by atoms with Gasteiger partial charge in [-0.3, -0.25) is 19.2 Å². The van der Waals surface area contributed by atoms with Gasteiger partial charge in [0.15, 0.2) is 0 Å². The van der Waals surface area contributed by atoms with Crippen molar-refractivity contribution in [2.45, 2.75) is 0 Å². The van der Waals surface area contributed by atoms with Gasteiger partial charge in [0, 0.05) is 14.1 Å². The third kappa shape index (κ3) is 6.88. The van der Waals surface area contributed by atoms with Crippen molar-refractivity contribution in [3.63, 3.8) is 0 Å². The Bertz CT molecular complexity index is 318. The first-order valence-corrected chi connectivity index (χ1v) is 4.74. The molecule has 8 heteroatoms. The number of hydrogen-bond donors (Lipinski definition) is 2. The van der Waals surface area contributed by atoms with Crippen molar-refractivity contribution in [1.29, 1.82) is 0 Å². The van der Waals surface area contributed by atoms with E-state index < -0.39 is 24.3 Å². The highest BCUT2D eigenvalue weighted by Crippen LogP contribution is 1.84. The normalized spacial score (nSPS) is 9.29. The summed E-state index contributed by atoms with van der Waals surface area (Å²) < 4.78 is 0. The topological polar surface area (TPSA) is 107 Å². The molecule has 8 nitrogen and oxygen atoms in total. The van der Waals surface area contributed by atoms with Crippen LogP contribution >= 0.6 is 0 Å². The Hall–Kier alpha value is -2.12. The van der Waals surface area contributed by atoms with E-state index in [2.05, 4.69) is 5.32 Å². The van der Waals surface area contributed by atoms with Crippen molar-refractivity contribution >= 4 is 24.2 Å². The van der Waals surface area contributed by atoms with Gasteiger partial charge in [-0.25, -0.2) is 0 Å². The smallest absolute Gasteiger partial charge is 0.323 e. The zero-order chi connectivity index (χ0) is 13.4. The van der Waals surface area contributed by atoms with Crippen LogP contribution in [0, 0.1) is 0 Å². The summed E-state index contributed by atoms with van der Waals surface area (Å²) in [6.07, 6.45) is 0.484.